The average Bonchev–Trinajstić information content (AvgIpc) is 3.18. The summed E-state index contributed by atoms with van der Waals surface area (Å²) >= 11 is 3.34. The Balaban J connectivity index is 1.61. The van der Waals surface area contributed by atoms with Gasteiger partial charge in [-0.25, -0.2) is 9.97 Å². The van der Waals surface area contributed by atoms with Crippen LogP contribution in [0.15, 0.2) is 35.4 Å². The smallest absolute Gasteiger partial charge is 0.262 e. The molecule has 4 nitrogen and oxygen atoms in total. The van der Waals surface area contributed by atoms with Gasteiger partial charge in [-0.05, 0) is 43.4 Å². The molecule has 3 aromatic heterocycles. The minimum atomic E-state index is 0.0821. The third-order valence-corrected chi connectivity index (χ3v) is 6.81. The molecule has 4 aromatic rings. The van der Waals surface area contributed by atoms with Crippen LogP contribution in [0.5, 0.6) is 0 Å². The summed E-state index contributed by atoms with van der Waals surface area (Å²) in [4.78, 5) is 24.4. The van der Waals surface area contributed by atoms with Crippen molar-refractivity contribution in [1.82, 2.24) is 14.5 Å². The predicted octanol–water partition coefficient (Wildman–Crippen LogP) is 3.99. The van der Waals surface area contributed by atoms with E-state index in [9.17, 15) is 4.79 Å². The first kappa shape index (κ1) is 14.3. The molecule has 1 aliphatic carbocycles. The largest absolute Gasteiger partial charge is 0.292 e. The number of hydrogen-bond acceptors (Lipinski definition) is 5. The number of rotatable bonds is 2. The van der Waals surface area contributed by atoms with Crippen molar-refractivity contribution in [3.8, 4) is 0 Å². The molecule has 0 radical (unpaired) electrons. The van der Waals surface area contributed by atoms with Crippen molar-refractivity contribution in [2.24, 2.45) is 0 Å². The van der Waals surface area contributed by atoms with Gasteiger partial charge in [0.1, 0.15) is 9.84 Å². The van der Waals surface area contributed by atoms with Gasteiger partial charge >= 0.3 is 0 Å². The van der Waals surface area contributed by atoms with Gasteiger partial charge in [0.25, 0.3) is 5.56 Å². The number of fused-ring (bicyclic) bond motifs is 4. The Morgan fingerprint density at radius 3 is 2.92 bits per heavy atom. The minimum absolute atomic E-state index is 0.0821. The van der Waals surface area contributed by atoms with E-state index in [0.29, 0.717) is 6.54 Å². The molecule has 0 bridgehead atoms. The highest BCUT2D eigenvalue weighted by molar-refractivity contribution is 7.19. The molecule has 0 unspecified atom stereocenters. The number of thiazole rings is 1. The monoisotopic (exact) mass is 353 g/mol. The Morgan fingerprint density at radius 1 is 1.12 bits per heavy atom. The third kappa shape index (κ3) is 2.21. The lowest BCUT2D eigenvalue weighted by Crippen LogP contribution is -2.21. The molecular formula is C18H15N3OS2. The molecular weight excluding hydrogens is 338 g/mol. The number of nitrogens with zero attached hydrogens (tertiary/aromatic N) is 3. The second-order valence-corrected chi connectivity index (χ2v) is 8.34. The zero-order valence-corrected chi connectivity index (χ0v) is 14.6. The standard InChI is InChI=1S/C18H15N3OS2/c22-18-16-11-5-1-3-7-13(11)24-17(16)19-10-21(18)9-15-20-12-6-2-4-8-14(12)23-15/h2,4,6,8,10H,1,3,5,7,9H2. The lowest BCUT2D eigenvalue weighted by molar-refractivity contribution is 0.697. The van der Waals surface area contributed by atoms with Gasteiger partial charge in [0.2, 0.25) is 0 Å². The van der Waals surface area contributed by atoms with Crippen LogP contribution in [-0.2, 0) is 19.4 Å². The second-order valence-electron chi connectivity index (χ2n) is 6.14. The van der Waals surface area contributed by atoms with Crippen LogP contribution in [0.25, 0.3) is 20.4 Å². The fraction of sp³-hybridized carbons (Fsp3) is 0.278. The predicted molar refractivity (Wildman–Crippen MR) is 99.2 cm³/mol. The van der Waals surface area contributed by atoms with Crippen LogP contribution >= 0.6 is 22.7 Å². The maximum absolute atomic E-state index is 13.0. The van der Waals surface area contributed by atoms with Gasteiger partial charge in [0.05, 0.1) is 28.5 Å². The summed E-state index contributed by atoms with van der Waals surface area (Å²) in [7, 11) is 0. The van der Waals surface area contributed by atoms with Crippen molar-refractivity contribution in [3.63, 3.8) is 0 Å². The summed E-state index contributed by atoms with van der Waals surface area (Å²) in [5.74, 6) is 0. The molecule has 3 heterocycles. The van der Waals surface area contributed by atoms with E-state index in [0.717, 1.165) is 38.3 Å². The summed E-state index contributed by atoms with van der Waals surface area (Å²) in [5.41, 5.74) is 2.32. The summed E-state index contributed by atoms with van der Waals surface area (Å²) in [5, 5.41) is 1.79. The molecule has 24 heavy (non-hydrogen) atoms. The van der Waals surface area contributed by atoms with Gasteiger partial charge in [-0.1, -0.05) is 12.1 Å². The van der Waals surface area contributed by atoms with Gasteiger partial charge in [-0.2, -0.15) is 0 Å². The molecule has 0 saturated heterocycles. The highest BCUT2D eigenvalue weighted by Gasteiger charge is 2.20. The Morgan fingerprint density at radius 2 is 2.00 bits per heavy atom. The SMILES string of the molecule is O=c1c2c3c(sc2ncn1Cc1nc2ccccc2s1)CCCC3. The second kappa shape index (κ2) is 5.50. The van der Waals surface area contributed by atoms with Crippen molar-refractivity contribution >= 4 is 43.1 Å². The summed E-state index contributed by atoms with van der Waals surface area (Å²) in [6.45, 7) is 0.492. The van der Waals surface area contributed by atoms with Crippen LogP contribution in [0, 0.1) is 0 Å². The van der Waals surface area contributed by atoms with Gasteiger partial charge in [0, 0.05) is 4.88 Å². The fourth-order valence-electron chi connectivity index (χ4n) is 3.43. The first-order valence-corrected chi connectivity index (χ1v) is 9.77. The van der Waals surface area contributed by atoms with Crippen molar-refractivity contribution in [3.05, 3.63) is 56.4 Å². The average molecular weight is 353 g/mol. The topological polar surface area (TPSA) is 47.8 Å². The fourth-order valence-corrected chi connectivity index (χ4v) is 5.61. The lowest BCUT2D eigenvalue weighted by atomic mass is 9.97. The molecule has 6 heteroatoms. The highest BCUT2D eigenvalue weighted by atomic mass is 32.1. The first-order valence-electron chi connectivity index (χ1n) is 8.14. The van der Waals surface area contributed by atoms with Crippen molar-refractivity contribution in [2.75, 3.05) is 0 Å². The van der Waals surface area contributed by atoms with E-state index in [4.69, 9.17) is 0 Å². The lowest BCUT2D eigenvalue weighted by Gasteiger charge is -2.10. The van der Waals surface area contributed by atoms with Crippen molar-refractivity contribution < 1.29 is 0 Å². The van der Waals surface area contributed by atoms with Crippen LogP contribution in [0.2, 0.25) is 0 Å². The normalized spacial score (nSPS) is 14.3. The van der Waals surface area contributed by atoms with Crippen molar-refractivity contribution in [1.29, 1.82) is 0 Å². The number of aryl methyl sites for hydroxylation is 2. The Bertz CT molecular complexity index is 1090. The van der Waals surface area contributed by atoms with E-state index in [1.54, 1.807) is 33.6 Å². The van der Waals surface area contributed by atoms with E-state index >= 15 is 0 Å². The Labute approximate surface area is 146 Å². The zero-order chi connectivity index (χ0) is 16.1. The van der Waals surface area contributed by atoms with E-state index in [-0.39, 0.29) is 5.56 Å². The number of para-hydroxylation sites is 1. The Kier molecular flexibility index (Phi) is 3.28. The molecule has 0 fully saturated rings. The molecule has 0 N–H and O–H groups in total. The Hall–Kier alpha value is -2.05. The van der Waals surface area contributed by atoms with E-state index in [2.05, 4.69) is 16.0 Å². The molecule has 0 aliphatic heterocycles. The summed E-state index contributed by atoms with van der Waals surface area (Å²) < 4.78 is 2.87. The molecule has 0 atom stereocenters. The van der Waals surface area contributed by atoms with Gasteiger partial charge in [0.15, 0.2) is 0 Å². The van der Waals surface area contributed by atoms with Crippen LogP contribution in [0.4, 0.5) is 0 Å². The highest BCUT2D eigenvalue weighted by Crippen LogP contribution is 2.33. The zero-order valence-electron chi connectivity index (χ0n) is 13.0. The summed E-state index contributed by atoms with van der Waals surface area (Å²) in [6, 6.07) is 8.08. The number of hydrogen-bond donors (Lipinski definition) is 0. The van der Waals surface area contributed by atoms with Crippen LogP contribution in [0.3, 0.4) is 0 Å². The summed E-state index contributed by atoms with van der Waals surface area (Å²) in [6.07, 6.45) is 6.18. The van der Waals surface area contributed by atoms with E-state index < -0.39 is 0 Å². The molecule has 1 aromatic carbocycles. The molecule has 0 spiro atoms. The molecule has 5 rings (SSSR count). The van der Waals surface area contributed by atoms with Crippen LogP contribution in [0.1, 0.15) is 28.3 Å². The van der Waals surface area contributed by atoms with Gasteiger partial charge < -0.3 is 0 Å². The first-order chi connectivity index (χ1) is 11.8. The van der Waals surface area contributed by atoms with E-state index in [1.165, 1.54) is 23.3 Å². The van der Waals surface area contributed by atoms with Gasteiger partial charge in [-0.15, -0.1) is 22.7 Å². The van der Waals surface area contributed by atoms with Crippen LogP contribution in [-0.4, -0.2) is 14.5 Å². The maximum Gasteiger partial charge on any atom is 0.262 e. The van der Waals surface area contributed by atoms with Crippen molar-refractivity contribution in [2.45, 2.75) is 32.2 Å². The number of benzene rings is 1. The number of aromatic nitrogens is 3. The van der Waals surface area contributed by atoms with Crippen LogP contribution < -0.4 is 5.56 Å². The minimum Gasteiger partial charge on any atom is -0.292 e. The van der Waals surface area contributed by atoms with E-state index in [1.807, 2.05) is 18.2 Å². The maximum atomic E-state index is 13.0. The molecule has 0 saturated carbocycles. The number of thiophene rings is 1. The molecule has 1 aliphatic rings. The quantitative estimate of drug-likeness (QED) is 0.547. The van der Waals surface area contributed by atoms with Gasteiger partial charge in [-0.3, -0.25) is 9.36 Å². The third-order valence-electron chi connectivity index (χ3n) is 4.59. The molecule has 120 valence electrons. The molecule has 0 amide bonds.